The maximum atomic E-state index is 13.2. The molecule has 30 heavy (non-hydrogen) atoms. The van der Waals surface area contributed by atoms with E-state index >= 15 is 0 Å². The van der Waals surface area contributed by atoms with Gasteiger partial charge in [-0.05, 0) is 34.7 Å². The van der Waals surface area contributed by atoms with Crippen molar-refractivity contribution in [3.63, 3.8) is 0 Å². The molecular formula is C26H26N2O2. The molecule has 0 saturated carbocycles. The van der Waals surface area contributed by atoms with Gasteiger partial charge in [-0.3, -0.25) is 4.90 Å². The number of carbonyl (C=O) groups excluding carboxylic acids is 1. The summed E-state index contributed by atoms with van der Waals surface area (Å²) in [6, 6.07) is 27.3. The van der Waals surface area contributed by atoms with Crippen molar-refractivity contribution in [3.05, 3.63) is 95.6 Å². The Bertz CT molecular complexity index is 1000. The second-order valence-corrected chi connectivity index (χ2v) is 8.19. The molecule has 4 heteroatoms. The molecule has 4 nitrogen and oxygen atoms in total. The number of fused-ring (bicyclic) bond motifs is 3. The van der Waals surface area contributed by atoms with E-state index in [0.29, 0.717) is 13.2 Å². The van der Waals surface area contributed by atoms with Crippen molar-refractivity contribution in [3.8, 4) is 11.1 Å². The maximum absolute atomic E-state index is 13.2. The zero-order chi connectivity index (χ0) is 20.5. The quantitative estimate of drug-likeness (QED) is 0.677. The molecule has 3 aromatic rings. The lowest BCUT2D eigenvalue weighted by Crippen LogP contribution is -2.53. The molecule has 1 fully saturated rings. The summed E-state index contributed by atoms with van der Waals surface area (Å²) in [6.45, 7) is 3.82. The lowest BCUT2D eigenvalue weighted by Gasteiger charge is -2.39. The van der Waals surface area contributed by atoms with Crippen LogP contribution < -0.4 is 5.32 Å². The summed E-state index contributed by atoms with van der Waals surface area (Å²) in [5, 5.41) is 3.49. The van der Waals surface area contributed by atoms with Crippen LogP contribution in [-0.4, -0.2) is 36.7 Å². The molecule has 1 heterocycles. The molecule has 0 unspecified atom stereocenters. The molecule has 152 valence electrons. The molecule has 3 aromatic carbocycles. The summed E-state index contributed by atoms with van der Waals surface area (Å²) in [6.07, 6.45) is -0.237. The Hall–Kier alpha value is -3.11. The molecular weight excluding hydrogens is 372 g/mol. The molecule has 1 amide bonds. The monoisotopic (exact) mass is 398 g/mol. The third-order valence-electron chi connectivity index (χ3n) is 6.26. The number of hydrogen-bond acceptors (Lipinski definition) is 3. The van der Waals surface area contributed by atoms with Crippen molar-refractivity contribution < 1.29 is 9.53 Å². The molecule has 0 spiro atoms. The Morgan fingerprint density at radius 2 is 1.53 bits per heavy atom. The average Bonchev–Trinajstić information content (AvgIpc) is 3.12. The van der Waals surface area contributed by atoms with E-state index < -0.39 is 0 Å². The van der Waals surface area contributed by atoms with Crippen molar-refractivity contribution in [1.29, 1.82) is 0 Å². The van der Waals surface area contributed by atoms with Gasteiger partial charge in [0.2, 0.25) is 0 Å². The highest BCUT2D eigenvalue weighted by Gasteiger charge is 2.34. The van der Waals surface area contributed by atoms with Crippen molar-refractivity contribution in [2.75, 3.05) is 19.7 Å². The van der Waals surface area contributed by atoms with Gasteiger partial charge in [-0.25, -0.2) is 4.79 Å². The van der Waals surface area contributed by atoms with Crippen LogP contribution in [0.15, 0.2) is 78.9 Å². The number of carbonyl (C=O) groups is 1. The van der Waals surface area contributed by atoms with E-state index in [9.17, 15) is 4.79 Å². The van der Waals surface area contributed by atoms with E-state index in [-0.39, 0.29) is 24.1 Å². The summed E-state index contributed by atoms with van der Waals surface area (Å²) in [7, 11) is 0. The summed E-state index contributed by atoms with van der Waals surface area (Å²) < 4.78 is 5.94. The molecule has 2 aliphatic rings. The molecule has 1 saturated heterocycles. The zero-order valence-corrected chi connectivity index (χ0v) is 17.1. The predicted octanol–water partition coefficient (Wildman–Crippen LogP) is 4.97. The van der Waals surface area contributed by atoms with Crippen LogP contribution in [0.25, 0.3) is 11.1 Å². The minimum absolute atomic E-state index is 0.0157. The third-order valence-corrected chi connectivity index (χ3v) is 6.26. The highest BCUT2D eigenvalue weighted by atomic mass is 16.6. The summed E-state index contributed by atoms with van der Waals surface area (Å²) in [5.41, 5.74) is 6.09. The summed E-state index contributed by atoms with van der Waals surface area (Å²) in [5.74, 6) is 0.0804. The van der Waals surface area contributed by atoms with E-state index in [1.54, 1.807) is 0 Å². The Morgan fingerprint density at radius 1 is 0.933 bits per heavy atom. The smallest absolute Gasteiger partial charge is 0.410 e. The molecule has 0 aromatic heterocycles. The van der Waals surface area contributed by atoms with Crippen LogP contribution in [0.2, 0.25) is 0 Å². The first-order chi connectivity index (χ1) is 14.7. The maximum Gasteiger partial charge on any atom is 0.410 e. The molecule has 1 N–H and O–H groups in total. The molecule has 2 atom stereocenters. The fourth-order valence-corrected chi connectivity index (χ4v) is 4.76. The number of nitrogens with zero attached hydrogens (tertiary/aromatic N) is 1. The van der Waals surface area contributed by atoms with Crippen LogP contribution in [0.3, 0.4) is 0 Å². The molecule has 5 rings (SSSR count). The lowest BCUT2D eigenvalue weighted by molar-refractivity contribution is 0.0674. The number of piperazine rings is 1. The van der Waals surface area contributed by atoms with Gasteiger partial charge in [0.15, 0.2) is 0 Å². The van der Waals surface area contributed by atoms with Gasteiger partial charge in [-0.15, -0.1) is 0 Å². The second kappa shape index (κ2) is 7.96. The molecule has 1 aliphatic heterocycles. The topological polar surface area (TPSA) is 41.6 Å². The van der Waals surface area contributed by atoms with Gasteiger partial charge in [0, 0.05) is 25.0 Å². The van der Waals surface area contributed by atoms with E-state index in [1.807, 2.05) is 23.1 Å². The van der Waals surface area contributed by atoms with Crippen molar-refractivity contribution in [2.24, 2.45) is 0 Å². The standard InChI is InChI=1S/C26H26N2O2/c1-18-16-28(25(15-27-18)19-9-3-2-4-10-19)26(29)30-17-24-22-13-7-5-11-20(22)21-12-6-8-14-23(21)24/h2-14,18,24-25,27H,15-17H2,1H3/t18-,25-/m0/s1. The van der Waals surface area contributed by atoms with Crippen molar-refractivity contribution in [1.82, 2.24) is 10.2 Å². The van der Waals surface area contributed by atoms with Crippen molar-refractivity contribution in [2.45, 2.75) is 24.9 Å². The summed E-state index contributed by atoms with van der Waals surface area (Å²) in [4.78, 5) is 15.1. The third kappa shape index (κ3) is 3.37. The summed E-state index contributed by atoms with van der Waals surface area (Å²) >= 11 is 0. The van der Waals surface area contributed by atoms with Crippen LogP contribution in [-0.2, 0) is 4.74 Å². The molecule has 0 radical (unpaired) electrons. The fourth-order valence-electron chi connectivity index (χ4n) is 4.76. The number of rotatable bonds is 3. The van der Waals surface area contributed by atoms with Gasteiger partial charge in [-0.1, -0.05) is 78.9 Å². The van der Waals surface area contributed by atoms with E-state index in [4.69, 9.17) is 4.74 Å². The van der Waals surface area contributed by atoms with Gasteiger partial charge in [-0.2, -0.15) is 0 Å². The van der Waals surface area contributed by atoms with E-state index in [0.717, 1.165) is 12.1 Å². The van der Waals surface area contributed by atoms with Crippen LogP contribution in [0, 0.1) is 0 Å². The zero-order valence-electron chi connectivity index (χ0n) is 17.1. The second-order valence-electron chi connectivity index (χ2n) is 8.19. The number of ether oxygens (including phenoxy) is 1. The van der Waals surface area contributed by atoms with Crippen LogP contribution in [0.1, 0.15) is 35.6 Å². The van der Waals surface area contributed by atoms with Crippen LogP contribution in [0.5, 0.6) is 0 Å². The SMILES string of the molecule is C[C@H]1CN(C(=O)OCC2c3ccccc3-c3ccccc32)[C@H](c2ccccc2)CN1. The number of benzene rings is 3. The largest absolute Gasteiger partial charge is 0.448 e. The highest BCUT2D eigenvalue weighted by molar-refractivity contribution is 5.79. The van der Waals surface area contributed by atoms with Crippen LogP contribution in [0.4, 0.5) is 4.79 Å². The Labute approximate surface area is 177 Å². The van der Waals surface area contributed by atoms with E-state index in [1.165, 1.54) is 22.3 Å². The minimum atomic E-state index is -0.237. The number of nitrogens with one attached hydrogen (secondary N) is 1. The van der Waals surface area contributed by atoms with Gasteiger partial charge in [0.25, 0.3) is 0 Å². The Kier molecular flexibility index (Phi) is 5.01. The average molecular weight is 399 g/mol. The van der Waals surface area contributed by atoms with Crippen LogP contribution >= 0.6 is 0 Å². The Morgan fingerprint density at radius 3 is 2.20 bits per heavy atom. The first-order valence-corrected chi connectivity index (χ1v) is 10.6. The Balaban J connectivity index is 1.36. The molecule has 1 aliphatic carbocycles. The van der Waals surface area contributed by atoms with Gasteiger partial charge in [0.05, 0.1) is 6.04 Å². The molecule has 0 bridgehead atoms. The first kappa shape index (κ1) is 18.9. The number of amides is 1. The van der Waals surface area contributed by atoms with Gasteiger partial charge in [0.1, 0.15) is 6.61 Å². The van der Waals surface area contributed by atoms with Gasteiger partial charge < -0.3 is 10.1 Å². The first-order valence-electron chi connectivity index (χ1n) is 10.6. The normalized spacial score (nSPS) is 20.5. The predicted molar refractivity (Wildman–Crippen MR) is 118 cm³/mol. The van der Waals surface area contributed by atoms with Gasteiger partial charge >= 0.3 is 6.09 Å². The highest BCUT2D eigenvalue weighted by Crippen LogP contribution is 2.44. The fraction of sp³-hybridized carbons (Fsp3) is 0.269. The lowest BCUT2D eigenvalue weighted by atomic mass is 9.98. The van der Waals surface area contributed by atoms with Crippen molar-refractivity contribution >= 4 is 6.09 Å². The van der Waals surface area contributed by atoms with E-state index in [2.05, 4.69) is 72.9 Å². The number of hydrogen-bond donors (Lipinski definition) is 1. The minimum Gasteiger partial charge on any atom is -0.448 e.